The minimum atomic E-state index is -0.808. The van der Waals surface area contributed by atoms with Crippen molar-refractivity contribution in [1.29, 1.82) is 0 Å². The van der Waals surface area contributed by atoms with Gasteiger partial charge in [0.1, 0.15) is 17.9 Å². The van der Waals surface area contributed by atoms with E-state index in [-0.39, 0.29) is 6.10 Å². The molecule has 0 amide bonds. The van der Waals surface area contributed by atoms with E-state index in [0.717, 1.165) is 30.6 Å². The van der Waals surface area contributed by atoms with Gasteiger partial charge in [0, 0.05) is 6.54 Å². The van der Waals surface area contributed by atoms with Crippen molar-refractivity contribution in [1.82, 2.24) is 5.32 Å². The molecule has 1 aromatic rings. The summed E-state index contributed by atoms with van der Waals surface area (Å²) in [4.78, 5) is 11.1. The van der Waals surface area contributed by atoms with Crippen LogP contribution in [0.1, 0.15) is 38.7 Å². The number of nitrogens with two attached hydrogens (primary N) is 1. The van der Waals surface area contributed by atoms with Gasteiger partial charge < -0.3 is 20.9 Å². The van der Waals surface area contributed by atoms with E-state index in [1.165, 1.54) is 0 Å². The molecular weight excluding hydrogens is 280 g/mol. The number of carboxylic acids is 1. The van der Waals surface area contributed by atoms with Crippen molar-refractivity contribution in [2.24, 2.45) is 5.73 Å². The molecule has 5 heteroatoms. The Morgan fingerprint density at radius 1 is 1.41 bits per heavy atom. The number of aliphatic carboxylic acids is 1. The van der Waals surface area contributed by atoms with E-state index in [1.807, 2.05) is 38.1 Å². The molecule has 0 aromatic heterocycles. The molecule has 0 unspecified atom stereocenters. The number of para-hydroxylation sites is 1. The maximum absolute atomic E-state index is 11.1. The van der Waals surface area contributed by atoms with Crippen LogP contribution >= 0.6 is 0 Å². The van der Waals surface area contributed by atoms with Crippen LogP contribution in [0.2, 0.25) is 0 Å². The van der Waals surface area contributed by atoms with Gasteiger partial charge in [0.25, 0.3) is 0 Å². The first-order chi connectivity index (χ1) is 10.6. The summed E-state index contributed by atoms with van der Waals surface area (Å²) in [6.07, 6.45) is 3.17. The largest absolute Gasteiger partial charge is 0.489 e. The molecule has 0 radical (unpaired) electrons. The Bertz CT molecular complexity index is 451. The average molecular weight is 308 g/mol. The van der Waals surface area contributed by atoms with Crippen LogP contribution in [0.25, 0.3) is 0 Å². The Hall–Kier alpha value is -1.59. The molecule has 0 saturated heterocycles. The van der Waals surface area contributed by atoms with Crippen molar-refractivity contribution in [2.75, 3.05) is 13.1 Å². The number of carboxylic acid groups (broad SMARTS) is 1. The SMILES string of the molecule is CCC[C@H](NC[C@@H](C)Oc1ccccc1CCCN)C(=O)O. The minimum absolute atomic E-state index is 0.0993. The lowest BCUT2D eigenvalue weighted by Crippen LogP contribution is -2.41. The first-order valence-electron chi connectivity index (χ1n) is 7.99. The van der Waals surface area contributed by atoms with E-state index in [4.69, 9.17) is 15.6 Å². The third-order valence-electron chi connectivity index (χ3n) is 3.48. The fraction of sp³-hybridized carbons (Fsp3) is 0.588. The molecule has 124 valence electrons. The molecule has 1 rings (SSSR count). The molecule has 5 nitrogen and oxygen atoms in total. The van der Waals surface area contributed by atoms with Crippen LogP contribution in [0, 0.1) is 0 Å². The van der Waals surface area contributed by atoms with Gasteiger partial charge >= 0.3 is 5.97 Å². The molecule has 0 heterocycles. The molecule has 4 N–H and O–H groups in total. The summed E-state index contributed by atoms with van der Waals surface area (Å²) in [6.45, 7) is 5.08. The highest BCUT2D eigenvalue weighted by Gasteiger charge is 2.17. The number of hydrogen-bond acceptors (Lipinski definition) is 4. The van der Waals surface area contributed by atoms with Crippen LogP contribution in [-0.4, -0.2) is 36.3 Å². The second-order valence-electron chi connectivity index (χ2n) is 5.52. The number of benzene rings is 1. The maximum atomic E-state index is 11.1. The van der Waals surface area contributed by atoms with Gasteiger partial charge in [0.2, 0.25) is 0 Å². The molecule has 22 heavy (non-hydrogen) atoms. The topological polar surface area (TPSA) is 84.6 Å². The van der Waals surface area contributed by atoms with Crippen LogP contribution in [0.15, 0.2) is 24.3 Å². The Morgan fingerprint density at radius 3 is 2.77 bits per heavy atom. The van der Waals surface area contributed by atoms with Gasteiger partial charge in [-0.1, -0.05) is 31.5 Å². The van der Waals surface area contributed by atoms with Gasteiger partial charge in [0.05, 0.1) is 0 Å². The Labute approximate surface area is 132 Å². The average Bonchev–Trinajstić information content (AvgIpc) is 2.50. The van der Waals surface area contributed by atoms with Gasteiger partial charge in [-0.15, -0.1) is 0 Å². The highest BCUT2D eigenvalue weighted by atomic mass is 16.5. The van der Waals surface area contributed by atoms with Crippen LogP contribution < -0.4 is 15.8 Å². The van der Waals surface area contributed by atoms with Crippen molar-refractivity contribution in [3.8, 4) is 5.75 Å². The summed E-state index contributed by atoms with van der Waals surface area (Å²) < 4.78 is 5.95. The molecule has 0 bridgehead atoms. The monoisotopic (exact) mass is 308 g/mol. The number of nitrogens with one attached hydrogen (secondary N) is 1. The lowest BCUT2D eigenvalue weighted by Gasteiger charge is -2.20. The fourth-order valence-corrected chi connectivity index (χ4v) is 2.29. The van der Waals surface area contributed by atoms with Crippen molar-refractivity contribution in [3.63, 3.8) is 0 Å². The third kappa shape index (κ3) is 6.45. The van der Waals surface area contributed by atoms with Gasteiger partial charge in [-0.2, -0.15) is 0 Å². The second kappa shape index (κ2) is 10.2. The molecular formula is C17H28N2O3. The summed E-state index contributed by atoms with van der Waals surface area (Å²) in [6, 6.07) is 7.41. The van der Waals surface area contributed by atoms with E-state index in [9.17, 15) is 4.79 Å². The molecule has 0 fully saturated rings. The van der Waals surface area contributed by atoms with E-state index in [2.05, 4.69) is 5.32 Å². The summed E-state index contributed by atoms with van der Waals surface area (Å²) >= 11 is 0. The lowest BCUT2D eigenvalue weighted by atomic mass is 10.1. The van der Waals surface area contributed by atoms with Crippen molar-refractivity contribution in [3.05, 3.63) is 29.8 Å². The number of rotatable bonds is 11. The first kappa shape index (κ1) is 18.5. The molecule has 1 aromatic carbocycles. The number of carbonyl (C=O) groups is 1. The number of ether oxygens (including phenoxy) is 1. The van der Waals surface area contributed by atoms with Crippen molar-refractivity contribution in [2.45, 2.75) is 51.7 Å². The molecule has 0 spiro atoms. The molecule has 0 aliphatic rings. The van der Waals surface area contributed by atoms with Gasteiger partial charge in [-0.25, -0.2) is 0 Å². The smallest absolute Gasteiger partial charge is 0.320 e. The van der Waals surface area contributed by atoms with Gasteiger partial charge in [0.15, 0.2) is 0 Å². The van der Waals surface area contributed by atoms with Crippen LogP contribution in [0.4, 0.5) is 0 Å². The predicted molar refractivity (Wildman–Crippen MR) is 88.2 cm³/mol. The summed E-state index contributed by atoms with van der Waals surface area (Å²) in [5.41, 5.74) is 6.70. The number of hydrogen-bond donors (Lipinski definition) is 3. The first-order valence-corrected chi connectivity index (χ1v) is 7.99. The molecule has 2 atom stereocenters. The highest BCUT2D eigenvalue weighted by molar-refractivity contribution is 5.73. The summed E-state index contributed by atoms with van der Waals surface area (Å²) in [7, 11) is 0. The highest BCUT2D eigenvalue weighted by Crippen LogP contribution is 2.20. The van der Waals surface area contributed by atoms with Crippen molar-refractivity contribution >= 4 is 5.97 Å². The lowest BCUT2D eigenvalue weighted by molar-refractivity contribution is -0.139. The Balaban J connectivity index is 2.54. The zero-order valence-electron chi connectivity index (χ0n) is 13.5. The zero-order valence-corrected chi connectivity index (χ0v) is 13.5. The predicted octanol–water partition coefficient (Wildman–Crippen LogP) is 2.19. The normalized spacial score (nSPS) is 13.6. The Kier molecular flexibility index (Phi) is 8.55. The zero-order chi connectivity index (χ0) is 16.4. The second-order valence-corrected chi connectivity index (χ2v) is 5.52. The van der Waals surface area contributed by atoms with E-state index in [1.54, 1.807) is 0 Å². The quantitative estimate of drug-likeness (QED) is 0.583. The van der Waals surface area contributed by atoms with Crippen molar-refractivity contribution < 1.29 is 14.6 Å². The van der Waals surface area contributed by atoms with Crippen LogP contribution in [0.5, 0.6) is 5.75 Å². The Morgan fingerprint density at radius 2 is 2.14 bits per heavy atom. The van der Waals surface area contributed by atoms with Crippen LogP contribution in [-0.2, 0) is 11.2 Å². The van der Waals surface area contributed by atoms with E-state index >= 15 is 0 Å². The molecule has 0 aliphatic carbocycles. The van der Waals surface area contributed by atoms with Gasteiger partial charge in [-0.3, -0.25) is 4.79 Å². The van der Waals surface area contributed by atoms with Gasteiger partial charge in [-0.05, 0) is 44.4 Å². The minimum Gasteiger partial charge on any atom is -0.489 e. The standard InChI is InChI=1S/C17H28N2O3/c1-3-7-15(17(20)21)19-12-13(2)22-16-10-5-4-8-14(16)9-6-11-18/h4-5,8,10,13,15,19H,3,6-7,9,11-12,18H2,1-2H3,(H,20,21)/t13-,15+/m1/s1. The maximum Gasteiger partial charge on any atom is 0.320 e. The summed E-state index contributed by atoms with van der Waals surface area (Å²) in [5, 5.41) is 12.2. The van der Waals surface area contributed by atoms with E-state index < -0.39 is 12.0 Å². The third-order valence-corrected chi connectivity index (χ3v) is 3.48. The fourth-order valence-electron chi connectivity index (χ4n) is 2.29. The van der Waals surface area contributed by atoms with Crippen LogP contribution in [0.3, 0.4) is 0 Å². The summed E-state index contributed by atoms with van der Waals surface area (Å²) in [5.74, 6) is 0.0463. The molecule has 0 aliphatic heterocycles. The molecule has 0 saturated carbocycles. The van der Waals surface area contributed by atoms with E-state index in [0.29, 0.717) is 19.5 Å². The number of aryl methyl sites for hydroxylation is 1.